The molecule has 0 saturated heterocycles. The Kier molecular flexibility index (Phi) is 5.02. The van der Waals surface area contributed by atoms with E-state index in [1.807, 2.05) is 20.2 Å². The summed E-state index contributed by atoms with van der Waals surface area (Å²) in [5.41, 5.74) is 2.33. The lowest BCUT2D eigenvalue weighted by atomic mass is 10.1. The van der Waals surface area contributed by atoms with Gasteiger partial charge in [-0.1, -0.05) is 6.92 Å². The molecule has 1 aromatic carbocycles. The van der Waals surface area contributed by atoms with Crippen molar-refractivity contribution in [1.82, 2.24) is 19.3 Å². The van der Waals surface area contributed by atoms with Gasteiger partial charge in [0, 0.05) is 56.4 Å². The molecule has 0 fully saturated rings. The number of hydrogen-bond acceptors (Lipinski definition) is 6. The summed E-state index contributed by atoms with van der Waals surface area (Å²) in [6, 6.07) is 4.40. The molecule has 3 rings (SSSR count). The molecule has 0 aliphatic heterocycles. The molecule has 0 radical (unpaired) electrons. The van der Waals surface area contributed by atoms with Crippen molar-refractivity contribution in [3.8, 4) is 0 Å². The summed E-state index contributed by atoms with van der Waals surface area (Å²) in [5.74, 6) is -0.134. The van der Waals surface area contributed by atoms with Gasteiger partial charge >= 0.3 is 0 Å². The van der Waals surface area contributed by atoms with E-state index in [2.05, 4.69) is 15.4 Å². The van der Waals surface area contributed by atoms with Gasteiger partial charge in [0.1, 0.15) is 5.69 Å². The van der Waals surface area contributed by atoms with Crippen LogP contribution in [0.1, 0.15) is 34.4 Å². The summed E-state index contributed by atoms with van der Waals surface area (Å²) in [6.45, 7) is 2.41. The monoisotopic (exact) mass is 368 g/mol. The number of ketones is 1. The Labute approximate surface area is 155 Å². The van der Waals surface area contributed by atoms with E-state index in [0.29, 0.717) is 12.2 Å². The van der Waals surface area contributed by atoms with Gasteiger partial charge in [-0.3, -0.25) is 19.6 Å². The number of anilines is 1. The smallest absolute Gasteiger partial charge is 0.293 e. The first-order valence-corrected chi connectivity index (χ1v) is 8.46. The predicted molar refractivity (Wildman–Crippen MR) is 99.6 cm³/mol. The summed E-state index contributed by atoms with van der Waals surface area (Å²) in [4.78, 5) is 27.6. The summed E-state index contributed by atoms with van der Waals surface area (Å²) in [7, 11) is 3.53. The molecular weight excluding hydrogens is 348 g/mol. The van der Waals surface area contributed by atoms with Crippen LogP contribution in [0.4, 0.5) is 11.4 Å². The zero-order chi connectivity index (χ0) is 19.6. The van der Waals surface area contributed by atoms with Crippen molar-refractivity contribution in [1.29, 1.82) is 0 Å². The van der Waals surface area contributed by atoms with Gasteiger partial charge in [0.05, 0.1) is 10.6 Å². The van der Waals surface area contributed by atoms with E-state index in [-0.39, 0.29) is 22.9 Å². The fourth-order valence-corrected chi connectivity index (χ4v) is 2.91. The standard InChI is InChI=1S/C18H20N6O3/c1-4-14-13(11-23(3)21-14)10-20-15-6-5-12(9-16(15)24(26)27)17(25)18-19-7-8-22(18)2/h5-9,11,20H,4,10H2,1-3H3. The van der Waals surface area contributed by atoms with Gasteiger partial charge in [-0.25, -0.2) is 4.98 Å². The van der Waals surface area contributed by atoms with Gasteiger partial charge in [-0.15, -0.1) is 0 Å². The number of hydrogen-bond donors (Lipinski definition) is 1. The number of carbonyl (C=O) groups excluding carboxylic acids is 1. The number of imidazole rings is 1. The molecular formula is C18H20N6O3. The number of nitro groups is 1. The van der Waals surface area contributed by atoms with E-state index in [1.54, 1.807) is 34.6 Å². The Hall–Kier alpha value is -3.49. The first-order valence-electron chi connectivity index (χ1n) is 8.46. The van der Waals surface area contributed by atoms with Crippen molar-refractivity contribution in [3.05, 3.63) is 69.5 Å². The minimum Gasteiger partial charge on any atom is -0.375 e. The molecule has 0 atom stereocenters. The Bertz CT molecular complexity index is 1000. The maximum absolute atomic E-state index is 12.5. The highest BCUT2D eigenvalue weighted by Crippen LogP contribution is 2.27. The lowest BCUT2D eigenvalue weighted by molar-refractivity contribution is -0.384. The molecule has 9 nitrogen and oxygen atoms in total. The Balaban J connectivity index is 1.87. The molecule has 0 aliphatic rings. The van der Waals surface area contributed by atoms with Crippen LogP contribution >= 0.6 is 0 Å². The lowest BCUT2D eigenvalue weighted by Gasteiger charge is -2.08. The van der Waals surface area contributed by atoms with Gasteiger partial charge in [0.25, 0.3) is 5.69 Å². The molecule has 0 saturated carbocycles. The molecule has 3 aromatic rings. The number of aromatic nitrogens is 4. The van der Waals surface area contributed by atoms with E-state index >= 15 is 0 Å². The van der Waals surface area contributed by atoms with Crippen LogP contribution in [-0.2, 0) is 27.1 Å². The molecule has 27 heavy (non-hydrogen) atoms. The highest BCUT2D eigenvalue weighted by Gasteiger charge is 2.20. The van der Waals surface area contributed by atoms with Crippen molar-refractivity contribution in [2.45, 2.75) is 19.9 Å². The minimum absolute atomic E-state index is 0.156. The predicted octanol–water partition coefficient (Wildman–Crippen LogP) is 2.47. The van der Waals surface area contributed by atoms with Gasteiger partial charge in [-0.2, -0.15) is 5.10 Å². The number of rotatable bonds is 7. The third kappa shape index (κ3) is 3.71. The van der Waals surface area contributed by atoms with Crippen molar-refractivity contribution >= 4 is 17.2 Å². The molecule has 2 heterocycles. The quantitative estimate of drug-likeness (QED) is 0.390. The minimum atomic E-state index is -0.499. The molecule has 1 N–H and O–H groups in total. The van der Waals surface area contributed by atoms with Crippen molar-refractivity contribution in [2.75, 3.05) is 5.32 Å². The highest BCUT2D eigenvalue weighted by molar-refractivity contribution is 6.07. The van der Waals surface area contributed by atoms with Crippen LogP contribution in [-0.4, -0.2) is 30.0 Å². The Morgan fingerprint density at radius 2 is 2.11 bits per heavy atom. The van der Waals surface area contributed by atoms with Crippen LogP contribution in [0.2, 0.25) is 0 Å². The average Bonchev–Trinajstić information content (AvgIpc) is 3.24. The van der Waals surface area contributed by atoms with E-state index in [0.717, 1.165) is 17.7 Å². The van der Waals surface area contributed by atoms with Crippen LogP contribution in [0.15, 0.2) is 36.8 Å². The van der Waals surface area contributed by atoms with E-state index in [9.17, 15) is 14.9 Å². The number of carbonyl (C=O) groups is 1. The van der Waals surface area contributed by atoms with Crippen LogP contribution in [0.25, 0.3) is 0 Å². The normalized spacial score (nSPS) is 10.8. The summed E-state index contributed by atoms with van der Waals surface area (Å²) >= 11 is 0. The van der Waals surface area contributed by atoms with E-state index < -0.39 is 4.92 Å². The Morgan fingerprint density at radius 3 is 2.74 bits per heavy atom. The molecule has 0 bridgehead atoms. The maximum Gasteiger partial charge on any atom is 0.293 e. The molecule has 0 spiro atoms. The molecule has 2 aromatic heterocycles. The average molecular weight is 368 g/mol. The Morgan fingerprint density at radius 1 is 1.33 bits per heavy atom. The fraction of sp³-hybridized carbons (Fsp3) is 0.278. The molecule has 0 amide bonds. The number of nitrogens with zero attached hydrogens (tertiary/aromatic N) is 5. The molecule has 140 valence electrons. The first kappa shape index (κ1) is 18.3. The maximum atomic E-state index is 12.5. The van der Waals surface area contributed by atoms with Gasteiger partial charge in [0.2, 0.25) is 5.78 Å². The van der Waals surface area contributed by atoms with Crippen LogP contribution in [0.3, 0.4) is 0 Å². The van der Waals surface area contributed by atoms with E-state index in [4.69, 9.17) is 0 Å². The lowest BCUT2D eigenvalue weighted by Crippen LogP contribution is -2.10. The third-order valence-electron chi connectivity index (χ3n) is 4.28. The third-order valence-corrected chi connectivity index (χ3v) is 4.28. The molecule has 0 unspecified atom stereocenters. The van der Waals surface area contributed by atoms with Crippen molar-refractivity contribution in [2.24, 2.45) is 14.1 Å². The summed E-state index contributed by atoms with van der Waals surface area (Å²) < 4.78 is 3.30. The summed E-state index contributed by atoms with van der Waals surface area (Å²) in [5, 5.41) is 19.0. The van der Waals surface area contributed by atoms with Crippen LogP contribution in [0.5, 0.6) is 0 Å². The van der Waals surface area contributed by atoms with Crippen LogP contribution < -0.4 is 5.32 Å². The zero-order valence-corrected chi connectivity index (χ0v) is 15.3. The van der Waals surface area contributed by atoms with Gasteiger partial charge < -0.3 is 9.88 Å². The summed E-state index contributed by atoms with van der Waals surface area (Å²) in [6.07, 6.45) is 5.82. The fourth-order valence-electron chi connectivity index (χ4n) is 2.91. The van der Waals surface area contributed by atoms with Crippen molar-refractivity contribution in [3.63, 3.8) is 0 Å². The van der Waals surface area contributed by atoms with Gasteiger partial charge in [0.15, 0.2) is 5.82 Å². The largest absolute Gasteiger partial charge is 0.375 e. The zero-order valence-electron chi connectivity index (χ0n) is 15.3. The number of aryl methyl sites for hydroxylation is 3. The second-order valence-electron chi connectivity index (χ2n) is 6.16. The number of nitrogens with one attached hydrogen (secondary N) is 1. The van der Waals surface area contributed by atoms with Crippen LogP contribution in [0, 0.1) is 10.1 Å². The van der Waals surface area contributed by atoms with E-state index in [1.165, 1.54) is 12.3 Å². The second kappa shape index (κ2) is 7.40. The molecule has 9 heteroatoms. The SMILES string of the molecule is CCc1nn(C)cc1CNc1ccc(C(=O)c2nccn2C)cc1[N+](=O)[O-]. The molecule has 0 aliphatic carbocycles. The first-order chi connectivity index (χ1) is 12.9. The number of nitro benzene ring substituents is 1. The number of benzene rings is 1. The highest BCUT2D eigenvalue weighted by atomic mass is 16.6. The second-order valence-corrected chi connectivity index (χ2v) is 6.16. The topological polar surface area (TPSA) is 108 Å². The van der Waals surface area contributed by atoms with Gasteiger partial charge in [-0.05, 0) is 18.6 Å². The van der Waals surface area contributed by atoms with Crippen molar-refractivity contribution < 1.29 is 9.72 Å².